The van der Waals surface area contributed by atoms with E-state index < -0.39 is 23.2 Å². The standard InChI is InChI=1S/C31H36ClF3N2O4/c32-27-19-25(11-12-26(27)28(38)37-20-22-9-10-24(37)18-22)41-17-5-4-6-21-13-15-36(16-14-21)29(39)30(40,31(33,34)35)23-7-2-1-3-8-23/h1-3,7-8,11-12,19,21-22,24,40H,4-6,9-10,13-18,20H2/t22-,24+,30-/m1/s1. The van der Waals surface area contributed by atoms with Crippen molar-refractivity contribution in [2.24, 2.45) is 11.8 Å². The van der Waals surface area contributed by atoms with E-state index in [1.165, 1.54) is 24.6 Å². The summed E-state index contributed by atoms with van der Waals surface area (Å²) in [4.78, 5) is 28.9. The minimum atomic E-state index is -5.13. The van der Waals surface area contributed by atoms with Crippen molar-refractivity contribution in [1.29, 1.82) is 0 Å². The summed E-state index contributed by atoms with van der Waals surface area (Å²) in [5.74, 6) is 0.188. The SMILES string of the molecule is O=C(c1ccc(OCCCCC2CCN(C(=O)[C@](O)(c3ccccc3)C(F)(F)F)CC2)cc1Cl)N1C[C@@H]2CC[C@H]1C2. The van der Waals surface area contributed by atoms with Gasteiger partial charge in [-0.1, -0.05) is 48.4 Å². The minimum absolute atomic E-state index is 0.00959. The lowest BCUT2D eigenvalue weighted by Crippen LogP contribution is -2.57. The topological polar surface area (TPSA) is 70.1 Å². The zero-order valence-corrected chi connectivity index (χ0v) is 23.7. The van der Waals surface area contributed by atoms with E-state index in [2.05, 4.69) is 0 Å². The highest BCUT2D eigenvalue weighted by Gasteiger charge is 2.62. The van der Waals surface area contributed by atoms with Crippen molar-refractivity contribution >= 4 is 23.4 Å². The van der Waals surface area contributed by atoms with Crippen molar-refractivity contribution in [3.05, 3.63) is 64.7 Å². The van der Waals surface area contributed by atoms with Crippen LogP contribution in [0.4, 0.5) is 13.2 Å². The molecule has 2 heterocycles. The van der Waals surface area contributed by atoms with Gasteiger partial charge in [0.05, 0.1) is 17.2 Å². The van der Waals surface area contributed by atoms with Gasteiger partial charge in [-0.05, 0) is 75.0 Å². The van der Waals surface area contributed by atoms with Crippen molar-refractivity contribution in [2.45, 2.75) is 69.2 Å². The van der Waals surface area contributed by atoms with Gasteiger partial charge in [0, 0.05) is 31.2 Å². The van der Waals surface area contributed by atoms with E-state index in [4.69, 9.17) is 16.3 Å². The fourth-order valence-electron chi connectivity index (χ4n) is 6.55. The molecule has 0 radical (unpaired) electrons. The number of carbonyl (C=O) groups excluding carboxylic acids is 2. The monoisotopic (exact) mass is 592 g/mol. The molecule has 41 heavy (non-hydrogen) atoms. The zero-order valence-electron chi connectivity index (χ0n) is 22.9. The number of carbonyl (C=O) groups is 2. The van der Waals surface area contributed by atoms with Crippen LogP contribution in [0.2, 0.25) is 5.02 Å². The summed E-state index contributed by atoms with van der Waals surface area (Å²) in [5, 5.41) is 11.0. The largest absolute Gasteiger partial charge is 0.494 e. The molecule has 222 valence electrons. The number of ether oxygens (including phenoxy) is 1. The first-order valence-electron chi connectivity index (χ1n) is 14.4. The van der Waals surface area contributed by atoms with Crippen LogP contribution in [0.1, 0.15) is 67.3 Å². The average Bonchev–Trinajstić information content (AvgIpc) is 3.60. The molecule has 2 amide bonds. The predicted octanol–water partition coefficient (Wildman–Crippen LogP) is 6.20. The third-order valence-electron chi connectivity index (χ3n) is 8.93. The van der Waals surface area contributed by atoms with E-state index in [9.17, 15) is 27.9 Å². The molecular formula is C31H36ClF3N2O4. The van der Waals surface area contributed by atoms with Crippen LogP contribution in [0.25, 0.3) is 0 Å². The number of aliphatic hydroxyl groups is 1. The molecule has 2 bridgehead atoms. The van der Waals surface area contributed by atoms with Crippen LogP contribution >= 0.6 is 11.6 Å². The second-order valence-corrected chi connectivity index (χ2v) is 12.0. The van der Waals surface area contributed by atoms with E-state index in [0.717, 1.165) is 55.7 Å². The Kier molecular flexibility index (Phi) is 8.85. The lowest BCUT2D eigenvalue weighted by Gasteiger charge is -2.38. The number of hydrogen-bond acceptors (Lipinski definition) is 4. The van der Waals surface area contributed by atoms with Crippen molar-refractivity contribution in [3.63, 3.8) is 0 Å². The normalized spacial score (nSPS) is 22.6. The molecule has 3 fully saturated rings. The van der Waals surface area contributed by atoms with Gasteiger partial charge in [0.15, 0.2) is 0 Å². The first-order valence-corrected chi connectivity index (χ1v) is 14.8. The summed E-state index contributed by atoms with van der Waals surface area (Å²) >= 11 is 6.43. The molecule has 10 heteroatoms. The molecule has 6 nitrogen and oxygen atoms in total. The molecule has 1 N–H and O–H groups in total. The number of likely N-dealkylation sites (tertiary alicyclic amines) is 2. The molecule has 1 saturated carbocycles. The highest BCUT2D eigenvalue weighted by atomic mass is 35.5. The maximum absolute atomic E-state index is 13.9. The molecule has 0 aromatic heterocycles. The van der Waals surface area contributed by atoms with Crippen LogP contribution in [-0.2, 0) is 10.4 Å². The molecule has 1 aliphatic carbocycles. The fourth-order valence-corrected chi connectivity index (χ4v) is 6.80. The summed E-state index contributed by atoms with van der Waals surface area (Å²) in [5.41, 5.74) is -3.52. The smallest absolute Gasteiger partial charge is 0.430 e. The second-order valence-electron chi connectivity index (χ2n) is 11.6. The van der Waals surface area contributed by atoms with Gasteiger partial charge >= 0.3 is 6.18 Å². The molecular weight excluding hydrogens is 557 g/mol. The maximum atomic E-state index is 13.9. The predicted molar refractivity (Wildman–Crippen MR) is 149 cm³/mol. The van der Waals surface area contributed by atoms with Gasteiger partial charge in [-0.25, -0.2) is 0 Å². The molecule has 3 aliphatic rings. The molecule has 2 saturated heterocycles. The highest BCUT2D eigenvalue weighted by Crippen LogP contribution is 2.42. The number of halogens is 4. The number of nitrogens with zero attached hydrogens (tertiary/aromatic N) is 2. The molecule has 0 unspecified atom stereocenters. The van der Waals surface area contributed by atoms with Gasteiger partial charge < -0.3 is 19.6 Å². The van der Waals surface area contributed by atoms with Crippen LogP contribution in [-0.4, -0.2) is 65.2 Å². The zero-order chi connectivity index (χ0) is 29.2. The summed E-state index contributed by atoms with van der Waals surface area (Å²) in [6.45, 7) is 1.64. The van der Waals surface area contributed by atoms with Gasteiger partial charge in [-0.3, -0.25) is 9.59 Å². The molecule has 0 spiro atoms. The van der Waals surface area contributed by atoms with E-state index >= 15 is 0 Å². The van der Waals surface area contributed by atoms with E-state index in [1.807, 2.05) is 4.90 Å². The molecule has 2 aliphatic heterocycles. The number of rotatable bonds is 9. The number of alkyl halides is 3. The number of fused-ring (bicyclic) bond motifs is 2. The summed E-state index contributed by atoms with van der Waals surface area (Å²) in [6, 6.07) is 12.1. The second kappa shape index (κ2) is 12.2. The Hall–Kier alpha value is -2.78. The minimum Gasteiger partial charge on any atom is -0.494 e. The van der Waals surface area contributed by atoms with Gasteiger partial charge in [0.2, 0.25) is 0 Å². The quantitative estimate of drug-likeness (QED) is 0.352. The summed E-state index contributed by atoms with van der Waals surface area (Å²) < 4.78 is 47.5. The lowest BCUT2D eigenvalue weighted by molar-refractivity contribution is -0.262. The summed E-state index contributed by atoms with van der Waals surface area (Å²) in [6.07, 6.45) is 1.94. The van der Waals surface area contributed by atoms with Crippen molar-refractivity contribution in [3.8, 4) is 5.75 Å². The van der Waals surface area contributed by atoms with Crippen molar-refractivity contribution < 1.29 is 32.6 Å². The van der Waals surface area contributed by atoms with Gasteiger partial charge in [0.1, 0.15) is 5.75 Å². The van der Waals surface area contributed by atoms with E-state index in [0.29, 0.717) is 47.7 Å². The lowest BCUT2D eigenvalue weighted by atomic mass is 9.88. The van der Waals surface area contributed by atoms with Gasteiger partial charge in [-0.15, -0.1) is 0 Å². The maximum Gasteiger partial charge on any atom is 0.430 e. The number of unbranched alkanes of at least 4 members (excludes halogenated alkanes) is 1. The number of hydrogen-bond donors (Lipinski definition) is 1. The van der Waals surface area contributed by atoms with Crippen LogP contribution in [0.3, 0.4) is 0 Å². The Morgan fingerprint density at radius 3 is 2.34 bits per heavy atom. The van der Waals surface area contributed by atoms with Crippen molar-refractivity contribution in [2.75, 3.05) is 26.2 Å². The van der Waals surface area contributed by atoms with Crippen molar-refractivity contribution in [1.82, 2.24) is 9.80 Å². The van der Waals surface area contributed by atoms with Crippen LogP contribution < -0.4 is 4.74 Å². The summed E-state index contributed by atoms with van der Waals surface area (Å²) in [7, 11) is 0. The molecule has 3 atom stereocenters. The highest BCUT2D eigenvalue weighted by molar-refractivity contribution is 6.34. The van der Waals surface area contributed by atoms with Gasteiger partial charge in [-0.2, -0.15) is 13.2 Å². The Labute approximate surface area is 243 Å². The first kappa shape index (κ1) is 29.7. The Morgan fingerprint density at radius 1 is 1.00 bits per heavy atom. The molecule has 2 aromatic carbocycles. The third kappa shape index (κ3) is 6.21. The Morgan fingerprint density at radius 2 is 1.73 bits per heavy atom. The van der Waals surface area contributed by atoms with Gasteiger partial charge in [0.25, 0.3) is 17.4 Å². The average molecular weight is 593 g/mol. The third-order valence-corrected chi connectivity index (χ3v) is 9.24. The molecule has 5 rings (SSSR count). The number of benzene rings is 2. The van der Waals surface area contributed by atoms with E-state index in [-0.39, 0.29) is 24.9 Å². The van der Waals surface area contributed by atoms with Crippen LogP contribution in [0.5, 0.6) is 5.75 Å². The number of amides is 2. The van der Waals surface area contributed by atoms with Crippen LogP contribution in [0.15, 0.2) is 48.5 Å². The van der Waals surface area contributed by atoms with Crippen LogP contribution in [0, 0.1) is 11.8 Å². The Bertz CT molecular complexity index is 1240. The molecule has 2 aromatic rings. The number of piperidine rings is 2. The first-order chi connectivity index (χ1) is 19.6. The Balaban J connectivity index is 1.04. The van der Waals surface area contributed by atoms with E-state index in [1.54, 1.807) is 18.2 Å². The fraction of sp³-hybridized carbons (Fsp3) is 0.548.